The first kappa shape index (κ1) is 14.7. The Labute approximate surface area is 131 Å². The molecule has 3 aromatic rings. The third kappa shape index (κ3) is 2.52. The number of nitrogens with zero attached hydrogens (tertiary/aromatic N) is 3. The van der Waals surface area contributed by atoms with Gasteiger partial charge in [-0.15, -0.1) is 0 Å². The van der Waals surface area contributed by atoms with Gasteiger partial charge in [0, 0.05) is 6.20 Å². The molecule has 23 heavy (non-hydrogen) atoms. The number of benzene rings is 1. The Balaban J connectivity index is 2.24. The number of aromatic nitrogens is 2. The Morgan fingerprint density at radius 1 is 1.30 bits per heavy atom. The molecule has 0 bridgehead atoms. The molecule has 0 aliphatic carbocycles. The van der Waals surface area contributed by atoms with Crippen molar-refractivity contribution >= 4 is 17.3 Å². The van der Waals surface area contributed by atoms with Crippen LogP contribution in [0.3, 0.4) is 0 Å². The highest BCUT2D eigenvalue weighted by molar-refractivity contribution is 5.90. The van der Waals surface area contributed by atoms with Gasteiger partial charge < -0.3 is 4.74 Å². The Bertz CT molecular complexity index is 887. The molecule has 0 aliphatic rings. The minimum atomic E-state index is -0.568. The van der Waals surface area contributed by atoms with Gasteiger partial charge in [-0.25, -0.2) is 9.78 Å². The fourth-order valence-electron chi connectivity index (χ4n) is 2.42. The minimum Gasteiger partial charge on any atom is -0.461 e. The Hall–Kier alpha value is -3.22. The van der Waals surface area contributed by atoms with Gasteiger partial charge >= 0.3 is 11.7 Å². The van der Waals surface area contributed by atoms with E-state index in [9.17, 15) is 14.9 Å². The zero-order chi connectivity index (χ0) is 16.4. The molecule has 0 amide bonds. The van der Waals surface area contributed by atoms with E-state index in [-0.39, 0.29) is 23.6 Å². The molecule has 0 fully saturated rings. The van der Waals surface area contributed by atoms with Gasteiger partial charge in [-0.1, -0.05) is 30.3 Å². The zero-order valence-corrected chi connectivity index (χ0v) is 12.3. The van der Waals surface area contributed by atoms with E-state index in [1.54, 1.807) is 43.5 Å². The normalized spacial score (nSPS) is 10.7. The van der Waals surface area contributed by atoms with Gasteiger partial charge in [-0.05, 0) is 18.6 Å². The average Bonchev–Trinajstić information content (AvgIpc) is 2.98. The van der Waals surface area contributed by atoms with Crippen molar-refractivity contribution in [1.82, 2.24) is 9.38 Å². The van der Waals surface area contributed by atoms with E-state index < -0.39 is 10.9 Å². The van der Waals surface area contributed by atoms with Crippen LogP contribution in [0, 0.1) is 10.1 Å². The highest BCUT2D eigenvalue weighted by atomic mass is 16.6. The van der Waals surface area contributed by atoms with Crippen molar-refractivity contribution < 1.29 is 14.5 Å². The fourth-order valence-corrected chi connectivity index (χ4v) is 2.42. The highest BCUT2D eigenvalue weighted by Gasteiger charge is 2.24. The molecule has 0 saturated carbocycles. The van der Waals surface area contributed by atoms with Gasteiger partial charge in [0.15, 0.2) is 5.69 Å². The lowest BCUT2D eigenvalue weighted by Crippen LogP contribution is -2.08. The van der Waals surface area contributed by atoms with Crippen molar-refractivity contribution in [2.45, 2.75) is 6.92 Å². The van der Waals surface area contributed by atoms with Crippen LogP contribution in [0.25, 0.3) is 16.8 Å². The summed E-state index contributed by atoms with van der Waals surface area (Å²) >= 11 is 0. The van der Waals surface area contributed by atoms with Crippen molar-refractivity contribution in [2.75, 3.05) is 6.61 Å². The number of carbonyl (C=O) groups excluding carboxylic acids is 1. The van der Waals surface area contributed by atoms with Crippen LogP contribution >= 0.6 is 0 Å². The molecule has 1 aromatic carbocycles. The molecule has 7 nitrogen and oxygen atoms in total. The summed E-state index contributed by atoms with van der Waals surface area (Å²) in [6, 6.07) is 10.6. The molecule has 0 unspecified atom stereocenters. The zero-order valence-electron chi connectivity index (χ0n) is 12.3. The van der Waals surface area contributed by atoms with E-state index in [2.05, 4.69) is 4.98 Å². The van der Waals surface area contributed by atoms with Gasteiger partial charge in [-0.2, -0.15) is 0 Å². The van der Waals surface area contributed by atoms with E-state index in [4.69, 9.17) is 4.74 Å². The number of pyridine rings is 1. The number of carbonyl (C=O) groups is 1. The number of imidazole rings is 1. The lowest BCUT2D eigenvalue weighted by atomic mass is 10.1. The third-order valence-corrected chi connectivity index (χ3v) is 3.41. The van der Waals surface area contributed by atoms with E-state index in [0.717, 1.165) is 0 Å². The summed E-state index contributed by atoms with van der Waals surface area (Å²) < 4.78 is 6.32. The monoisotopic (exact) mass is 311 g/mol. The number of fused-ring (bicyclic) bond motifs is 1. The molecule has 0 atom stereocenters. The summed E-state index contributed by atoms with van der Waals surface area (Å²) in [5, 5.41) is 11.5. The number of rotatable bonds is 4. The number of hydrogen-bond acceptors (Lipinski definition) is 5. The molecular formula is C16H13N3O4. The number of esters is 1. The largest absolute Gasteiger partial charge is 0.461 e. The van der Waals surface area contributed by atoms with Crippen molar-refractivity contribution in [1.29, 1.82) is 0 Å². The second-order valence-corrected chi connectivity index (χ2v) is 4.76. The van der Waals surface area contributed by atoms with Crippen LogP contribution in [0.1, 0.15) is 17.4 Å². The molecule has 116 valence electrons. The first-order valence-corrected chi connectivity index (χ1v) is 7.00. The Morgan fingerprint density at radius 2 is 2.04 bits per heavy atom. The van der Waals surface area contributed by atoms with Crippen LogP contribution < -0.4 is 0 Å². The summed E-state index contributed by atoms with van der Waals surface area (Å²) in [5.41, 5.74) is 1.28. The van der Waals surface area contributed by atoms with E-state index in [1.165, 1.54) is 10.6 Å². The van der Waals surface area contributed by atoms with Crippen molar-refractivity contribution in [3.05, 3.63) is 64.6 Å². The van der Waals surface area contributed by atoms with Gasteiger partial charge in [0.25, 0.3) is 0 Å². The molecule has 0 N–H and O–H groups in total. The summed E-state index contributed by atoms with van der Waals surface area (Å²) in [6.07, 6.45) is 2.87. The van der Waals surface area contributed by atoms with Crippen LogP contribution in [-0.4, -0.2) is 26.9 Å². The van der Waals surface area contributed by atoms with Crippen LogP contribution in [0.2, 0.25) is 0 Å². The smallest absolute Gasteiger partial charge is 0.356 e. The summed E-state index contributed by atoms with van der Waals surface area (Å²) in [4.78, 5) is 27.0. The number of nitro groups is 1. The van der Waals surface area contributed by atoms with Crippen LogP contribution in [0.4, 0.5) is 5.69 Å². The van der Waals surface area contributed by atoms with Crippen molar-refractivity contribution in [3.63, 3.8) is 0 Å². The van der Waals surface area contributed by atoms with Gasteiger partial charge in [0.1, 0.15) is 0 Å². The predicted molar refractivity (Wildman–Crippen MR) is 83.2 cm³/mol. The molecule has 3 rings (SSSR count). The van der Waals surface area contributed by atoms with Gasteiger partial charge in [0.2, 0.25) is 5.65 Å². The van der Waals surface area contributed by atoms with E-state index >= 15 is 0 Å². The lowest BCUT2D eigenvalue weighted by molar-refractivity contribution is -0.382. The third-order valence-electron chi connectivity index (χ3n) is 3.41. The average molecular weight is 311 g/mol. The maximum Gasteiger partial charge on any atom is 0.356 e. The number of hydrogen-bond donors (Lipinski definition) is 0. The maximum atomic E-state index is 11.9. The molecule has 2 heterocycles. The minimum absolute atomic E-state index is 0.111. The van der Waals surface area contributed by atoms with E-state index in [1.807, 2.05) is 6.07 Å². The standard InChI is InChI=1S/C16H13N3O4/c1-2-23-16(20)13-10-17-15-14(19(21)22)12(8-9-18(13)15)11-6-4-3-5-7-11/h3-10H,2H2,1H3. The number of ether oxygens (including phenoxy) is 1. The molecule has 0 spiro atoms. The first-order valence-electron chi connectivity index (χ1n) is 7.00. The Morgan fingerprint density at radius 3 is 2.70 bits per heavy atom. The van der Waals surface area contributed by atoms with Crippen molar-refractivity contribution in [2.24, 2.45) is 0 Å². The second kappa shape index (κ2) is 5.88. The van der Waals surface area contributed by atoms with Crippen molar-refractivity contribution in [3.8, 4) is 11.1 Å². The van der Waals surface area contributed by atoms with E-state index in [0.29, 0.717) is 11.1 Å². The molecular weight excluding hydrogens is 298 g/mol. The summed E-state index contributed by atoms with van der Waals surface area (Å²) in [6.45, 7) is 1.91. The van der Waals surface area contributed by atoms with Crippen LogP contribution in [0.5, 0.6) is 0 Å². The molecule has 0 radical (unpaired) electrons. The van der Waals surface area contributed by atoms with Crippen LogP contribution in [-0.2, 0) is 4.74 Å². The maximum absolute atomic E-state index is 11.9. The molecule has 2 aromatic heterocycles. The summed E-state index contributed by atoms with van der Waals surface area (Å²) in [7, 11) is 0. The summed E-state index contributed by atoms with van der Waals surface area (Å²) in [5.74, 6) is -0.568. The first-order chi connectivity index (χ1) is 11.1. The lowest BCUT2D eigenvalue weighted by Gasteiger charge is -2.06. The van der Waals surface area contributed by atoms with Gasteiger partial charge in [0.05, 0.1) is 23.3 Å². The highest BCUT2D eigenvalue weighted by Crippen LogP contribution is 2.33. The topological polar surface area (TPSA) is 86.7 Å². The molecule has 7 heteroatoms. The molecule has 0 saturated heterocycles. The van der Waals surface area contributed by atoms with Gasteiger partial charge in [-0.3, -0.25) is 14.5 Å². The Kier molecular flexibility index (Phi) is 3.76. The second-order valence-electron chi connectivity index (χ2n) is 4.76. The fraction of sp³-hybridized carbons (Fsp3) is 0.125. The molecule has 0 aliphatic heterocycles. The SMILES string of the molecule is CCOC(=O)c1cnc2c([N+](=O)[O-])c(-c3ccccc3)ccn12. The predicted octanol–water partition coefficient (Wildman–Crippen LogP) is 3.09. The quantitative estimate of drug-likeness (QED) is 0.420. The van der Waals surface area contributed by atoms with Crippen LogP contribution in [0.15, 0.2) is 48.8 Å².